The van der Waals surface area contributed by atoms with Gasteiger partial charge in [-0.05, 0) is 26.6 Å². The van der Waals surface area contributed by atoms with Crippen molar-refractivity contribution in [3.63, 3.8) is 0 Å². The van der Waals surface area contributed by atoms with Gasteiger partial charge in [-0.1, -0.05) is 5.92 Å². The molecular formula is C7H14O4SSi. The molecule has 0 spiro atoms. The highest BCUT2D eigenvalue weighted by Crippen LogP contribution is 2.10. The van der Waals surface area contributed by atoms with Gasteiger partial charge in [-0.15, -0.1) is 6.42 Å². The van der Waals surface area contributed by atoms with Crippen molar-refractivity contribution in [3.8, 4) is 12.3 Å². The van der Waals surface area contributed by atoms with Gasteiger partial charge < -0.3 is 0 Å². The lowest BCUT2D eigenvalue weighted by Gasteiger charge is -2.16. The lowest BCUT2D eigenvalue weighted by molar-refractivity contribution is 0.244. The predicted octanol–water partition coefficient (Wildman–Crippen LogP) is 1.12. The molecule has 13 heavy (non-hydrogen) atoms. The maximum Gasteiger partial charge on any atom is 0.391 e. The standard InChI is InChI=1S/C7H14O4SSi/c1-6-7(2)10-12(8,9)11-13(3,4)5/h1,7H,2-5H3. The molecule has 0 fully saturated rings. The Labute approximate surface area is 80.7 Å². The summed E-state index contributed by atoms with van der Waals surface area (Å²) in [5, 5.41) is 0. The van der Waals surface area contributed by atoms with Crippen LogP contribution in [0.25, 0.3) is 0 Å². The molecule has 0 aromatic rings. The molecule has 0 aromatic carbocycles. The normalized spacial score (nSPS) is 15.0. The van der Waals surface area contributed by atoms with Crippen molar-refractivity contribution in [2.75, 3.05) is 0 Å². The molecule has 1 unspecified atom stereocenters. The van der Waals surface area contributed by atoms with Crippen LogP contribution in [0.2, 0.25) is 19.6 Å². The third-order valence-electron chi connectivity index (χ3n) is 0.849. The minimum atomic E-state index is -3.93. The van der Waals surface area contributed by atoms with Gasteiger partial charge in [0.2, 0.25) is 8.32 Å². The van der Waals surface area contributed by atoms with E-state index in [2.05, 4.69) is 10.1 Å². The van der Waals surface area contributed by atoms with Crippen molar-refractivity contribution >= 4 is 18.7 Å². The molecule has 76 valence electrons. The molecule has 0 N–H and O–H groups in total. The minimum Gasteiger partial charge on any atom is -0.294 e. The summed E-state index contributed by atoms with van der Waals surface area (Å²) in [6, 6.07) is 0. The first-order chi connectivity index (χ1) is 5.66. The predicted molar refractivity (Wildman–Crippen MR) is 52.7 cm³/mol. The number of hydrogen-bond donors (Lipinski definition) is 0. The molecule has 0 amide bonds. The SMILES string of the molecule is C#CC(C)OS(=O)(=O)O[Si](C)(C)C. The zero-order valence-corrected chi connectivity index (χ0v) is 10.0. The highest BCUT2D eigenvalue weighted by Gasteiger charge is 2.26. The van der Waals surface area contributed by atoms with Gasteiger partial charge in [0.25, 0.3) is 0 Å². The molecule has 0 aliphatic heterocycles. The largest absolute Gasteiger partial charge is 0.391 e. The number of terminal acetylenes is 1. The maximum atomic E-state index is 11.1. The van der Waals surface area contributed by atoms with Gasteiger partial charge in [-0.2, -0.15) is 8.42 Å². The molecular weight excluding hydrogens is 208 g/mol. The van der Waals surface area contributed by atoms with E-state index in [-0.39, 0.29) is 0 Å². The Kier molecular flexibility index (Phi) is 4.12. The molecule has 0 bridgehead atoms. The third kappa shape index (κ3) is 6.78. The fraction of sp³-hybridized carbons (Fsp3) is 0.714. The fourth-order valence-electron chi connectivity index (χ4n) is 0.530. The molecule has 0 radical (unpaired) electrons. The van der Waals surface area contributed by atoms with Gasteiger partial charge in [0.15, 0.2) is 0 Å². The van der Waals surface area contributed by atoms with E-state index in [1.807, 2.05) is 0 Å². The van der Waals surface area contributed by atoms with Crippen molar-refractivity contribution in [3.05, 3.63) is 0 Å². The van der Waals surface area contributed by atoms with E-state index in [4.69, 9.17) is 10.3 Å². The summed E-state index contributed by atoms with van der Waals surface area (Å²) < 4.78 is 31.5. The topological polar surface area (TPSA) is 52.6 Å². The Morgan fingerprint density at radius 2 is 1.85 bits per heavy atom. The first-order valence-electron chi connectivity index (χ1n) is 3.76. The van der Waals surface area contributed by atoms with Crippen LogP contribution in [0.3, 0.4) is 0 Å². The molecule has 0 aliphatic carbocycles. The summed E-state index contributed by atoms with van der Waals surface area (Å²) in [7, 11) is -6.09. The molecule has 6 heteroatoms. The monoisotopic (exact) mass is 222 g/mol. The van der Waals surface area contributed by atoms with E-state index in [9.17, 15) is 8.42 Å². The number of rotatable bonds is 4. The van der Waals surface area contributed by atoms with E-state index >= 15 is 0 Å². The van der Waals surface area contributed by atoms with Crippen molar-refractivity contribution in [2.24, 2.45) is 0 Å². The van der Waals surface area contributed by atoms with Gasteiger partial charge in [-0.25, -0.2) is 4.18 Å². The third-order valence-corrected chi connectivity index (χ3v) is 4.19. The van der Waals surface area contributed by atoms with Gasteiger partial charge in [-0.3, -0.25) is 3.87 Å². The quantitative estimate of drug-likeness (QED) is 0.528. The first kappa shape index (κ1) is 12.6. The Morgan fingerprint density at radius 1 is 1.38 bits per heavy atom. The molecule has 0 aliphatic rings. The van der Waals surface area contributed by atoms with Crippen LogP contribution in [0.4, 0.5) is 0 Å². The minimum absolute atomic E-state index is 0.790. The van der Waals surface area contributed by atoms with Crippen LogP contribution < -0.4 is 0 Å². The number of hydrogen-bond acceptors (Lipinski definition) is 4. The molecule has 0 aromatic heterocycles. The van der Waals surface area contributed by atoms with Crippen LogP contribution >= 0.6 is 0 Å². The van der Waals surface area contributed by atoms with Crippen molar-refractivity contribution in [1.82, 2.24) is 0 Å². The van der Waals surface area contributed by atoms with Crippen LogP contribution in [-0.4, -0.2) is 22.8 Å². The Bertz CT molecular complexity index is 295. The second-order valence-electron chi connectivity index (χ2n) is 3.51. The second kappa shape index (κ2) is 4.24. The smallest absolute Gasteiger partial charge is 0.294 e. The Hall–Kier alpha value is -0.353. The van der Waals surface area contributed by atoms with Gasteiger partial charge in [0.1, 0.15) is 6.10 Å². The average Bonchev–Trinajstić information content (AvgIpc) is 1.80. The fourth-order valence-corrected chi connectivity index (χ4v) is 3.55. The average molecular weight is 222 g/mol. The summed E-state index contributed by atoms with van der Waals surface area (Å²) in [5.41, 5.74) is 0. The van der Waals surface area contributed by atoms with Gasteiger partial charge in [0.05, 0.1) is 0 Å². The molecule has 0 rings (SSSR count). The highest BCUT2D eigenvalue weighted by atomic mass is 32.3. The summed E-state index contributed by atoms with van der Waals surface area (Å²) >= 11 is 0. The highest BCUT2D eigenvalue weighted by molar-refractivity contribution is 7.83. The lowest BCUT2D eigenvalue weighted by Crippen LogP contribution is -2.31. The van der Waals surface area contributed by atoms with Crippen LogP contribution in [0, 0.1) is 12.3 Å². The zero-order valence-electron chi connectivity index (χ0n) is 8.20. The summed E-state index contributed by atoms with van der Waals surface area (Å²) in [6.45, 7) is 6.70. The molecule has 0 saturated heterocycles. The van der Waals surface area contributed by atoms with Crippen LogP contribution in [0.1, 0.15) is 6.92 Å². The van der Waals surface area contributed by atoms with Crippen LogP contribution in [0.15, 0.2) is 0 Å². The van der Waals surface area contributed by atoms with Crippen molar-refractivity contribution in [1.29, 1.82) is 0 Å². The zero-order chi connectivity index (χ0) is 10.7. The maximum absolute atomic E-state index is 11.1. The van der Waals surface area contributed by atoms with Crippen LogP contribution in [-0.2, 0) is 18.5 Å². The molecule has 4 nitrogen and oxygen atoms in total. The second-order valence-corrected chi connectivity index (χ2v) is 9.41. The summed E-state index contributed by atoms with van der Waals surface area (Å²) in [4.78, 5) is 0. The van der Waals surface area contributed by atoms with E-state index < -0.39 is 24.8 Å². The van der Waals surface area contributed by atoms with Gasteiger partial charge >= 0.3 is 10.4 Å². The van der Waals surface area contributed by atoms with Crippen LogP contribution in [0.5, 0.6) is 0 Å². The summed E-state index contributed by atoms with van der Waals surface area (Å²) in [6.07, 6.45) is 4.17. The lowest BCUT2D eigenvalue weighted by atomic mass is 10.4. The van der Waals surface area contributed by atoms with Gasteiger partial charge in [0, 0.05) is 0 Å². The van der Waals surface area contributed by atoms with Crippen molar-refractivity contribution in [2.45, 2.75) is 32.7 Å². The van der Waals surface area contributed by atoms with Crippen molar-refractivity contribution < 1.29 is 16.5 Å². The first-order valence-corrected chi connectivity index (χ1v) is 8.50. The molecule has 1 atom stereocenters. The van der Waals surface area contributed by atoms with E-state index in [0.29, 0.717) is 0 Å². The molecule has 0 saturated carbocycles. The Morgan fingerprint density at radius 3 is 2.15 bits per heavy atom. The Balaban J connectivity index is 4.38. The van der Waals surface area contributed by atoms with E-state index in [1.165, 1.54) is 6.92 Å². The van der Waals surface area contributed by atoms with E-state index in [1.54, 1.807) is 19.6 Å². The summed E-state index contributed by atoms with van der Waals surface area (Å²) in [5.74, 6) is 2.14. The molecule has 0 heterocycles. The van der Waals surface area contributed by atoms with E-state index in [0.717, 1.165) is 0 Å².